The van der Waals surface area contributed by atoms with Crippen molar-refractivity contribution in [2.75, 3.05) is 0 Å². The molecular formula is C7H11F. The summed E-state index contributed by atoms with van der Waals surface area (Å²) in [6.45, 7) is 3.65. The second kappa shape index (κ2) is 4.57. The van der Waals surface area contributed by atoms with Crippen molar-refractivity contribution < 1.29 is 4.39 Å². The van der Waals surface area contributed by atoms with E-state index in [0.29, 0.717) is 0 Å². The highest BCUT2D eigenvalue weighted by molar-refractivity contribution is 5.08. The van der Waals surface area contributed by atoms with Crippen molar-refractivity contribution in [3.8, 4) is 0 Å². The van der Waals surface area contributed by atoms with Crippen LogP contribution in [0.15, 0.2) is 24.1 Å². The predicted molar refractivity (Wildman–Crippen MR) is 34.3 cm³/mol. The minimum Gasteiger partial charge on any atom is -0.207 e. The van der Waals surface area contributed by atoms with Gasteiger partial charge in [-0.25, -0.2) is 4.39 Å². The molecule has 0 spiro atoms. The van der Waals surface area contributed by atoms with E-state index in [9.17, 15) is 4.39 Å². The standard InChI is InChI=1S/C7H11F/c1-3-5-6-7(8)4-2/h4-6H,3H2,1-2H3/b6-5-,7-4-. The predicted octanol–water partition coefficient (Wildman–Crippen LogP) is 2.83. The maximum atomic E-state index is 12.1. The van der Waals surface area contributed by atoms with E-state index < -0.39 is 0 Å². The summed E-state index contributed by atoms with van der Waals surface area (Å²) in [7, 11) is 0. The highest BCUT2D eigenvalue weighted by Crippen LogP contribution is 1.97. The van der Waals surface area contributed by atoms with E-state index in [1.807, 2.05) is 6.92 Å². The Morgan fingerprint density at radius 2 is 2.25 bits per heavy atom. The van der Waals surface area contributed by atoms with Gasteiger partial charge in [-0.3, -0.25) is 0 Å². The van der Waals surface area contributed by atoms with Gasteiger partial charge in [-0.05, 0) is 19.4 Å². The fraction of sp³-hybridized carbons (Fsp3) is 0.429. The topological polar surface area (TPSA) is 0 Å². The summed E-state index contributed by atoms with van der Waals surface area (Å²) in [6, 6.07) is 0. The van der Waals surface area contributed by atoms with Gasteiger partial charge in [-0.1, -0.05) is 19.1 Å². The lowest BCUT2D eigenvalue weighted by Crippen LogP contribution is -1.60. The molecule has 1 heteroatoms. The van der Waals surface area contributed by atoms with Crippen molar-refractivity contribution in [1.82, 2.24) is 0 Å². The van der Waals surface area contributed by atoms with E-state index in [1.165, 1.54) is 12.2 Å². The molecule has 0 atom stereocenters. The van der Waals surface area contributed by atoms with Crippen LogP contribution in [0.25, 0.3) is 0 Å². The van der Waals surface area contributed by atoms with Gasteiger partial charge in [0.2, 0.25) is 0 Å². The third-order valence-electron chi connectivity index (χ3n) is 0.789. The Labute approximate surface area is 49.7 Å². The monoisotopic (exact) mass is 114 g/mol. The smallest absolute Gasteiger partial charge is 0.118 e. The van der Waals surface area contributed by atoms with Crippen LogP contribution in [-0.2, 0) is 0 Å². The van der Waals surface area contributed by atoms with Crippen molar-refractivity contribution >= 4 is 0 Å². The van der Waals surface area contributed by atoms with Gasteiger partial charge in [0.1, 0.15) is 5.83 Å². The Kier molecular flexibility index (Phi) is 4.23. The summed E-state index contributed by atoms with van der Waals surface area (Å²) in [5.41, 5.74) is 0. The first-order valence-corrected chi connectivity index (χ1v) is 2.79. The lowest BCUT2D eigenvalue weighted by Gasteiger charge is -1.79. The first kappa shape index (κ1) is 7.41. The molecule has 0 aromatic rings. The Hall–Kier alpha value is -0.590. The minimum absolute atomic E-state index is 0.160. The van der Waals surface area contributed by atoms with E-state index in [2.05, 4.69) is 0 Å². The van der Waals surface area contributed by atoms with E-state index >= 15 is 0 Å². The number of hydrogen-bond acceptors (Lipinski definition) is 0. The molecule has 8 heavy (non-hydrogen) atoms. The lowest BCUT2D eigenvalue weighted by molar-refractivity contribution is 0.664. The van der Waals surface area contributed by atoms with Crippen molar-refractivity contribution in [2.45, 2.75) is 20.3 Å². The van der Waals surface area contributed by atoms with Crippen molar-refractivity contribution in [2.24, 2.45) is 0 Å². The number of rotatable bonds is 2. The summed E-state index contributed by atoms with van der Waals surface area (Å²) in [5, 5.41) is 0. The molecule has 0 aliphatic heterocycles. The van der Waals surface area contributed by atoms with Crippen LogP contribution in [0.2, 0.25) is 0 Å². The van der Waals surface area contributed by atoms with Crippen molar-refractivity contribution in [3.63, 3.8) is 0 Å². The van der Waals surface area contributed by atoms with Gasteiger partial charge in [0.15, 0.2) is 0 Å². The fourth-order valence-electron chi connectivity index (χ4n) is 0.327. The molecule has 0 rings (SSSR count). The average Bonchev–Trinajstić information content (AvgIpc) is 1.83. The zero-order valence-electron chi connectivity index (χ0n) is 5.32. The van der Waals surface area contributed by atoms with Crippen molar-refractivity contribution in [3.05, 3.63) is 24.1 Å². The zero-order chi connectivity index (χ0) is 6.41. The van der Waals surface area contributed by atoms with Gasteiger partial charge in [0.25, 0.3) is 0 Å². The Morgan fingerprint density at radius 1 is 1.62 bits per heavy atom. The lowest BCUT2D eigenvalue weighted by atomic mass is 10.4. The minimum atomic E-state index is -0.160. The van der Waals surface area contributed by atoms with Gasteiger partial charge in [0, 0.05) is 0 Å². The first-order valence-electron chi connectivity index (χ1n) is 2.79. The van der Waals surface area contributed by atoms with Crippen LogP contribution in [-0.4, -0.2) is 0 Å². The van der Waals surface area contributed by atoms with Gasteiger partial charge in [-0.15, -0.1) is 0 Å². The van der Waals surface area contributed by atoms with Crippen LogP contribution < -0.4 is 0 Å². The molecule has 0 aliphatic rings. The Bertz CT molecular complexity index is 101. The summed E-state index contributed by atoms with van der Waals surface area (Å²) in [4.78, 5) is 0. The molecule has 0 aliphatic carbocycles. The quantitative estimate of drug-likeness (QED) is 0.484. The average molecular weight is 114 g/mol. The summed E-state index contributed by atoms with van der Waals surface area (Å²) < 4.78 is 12.1. The molecule has 0 nitrogen and oxygen atoms in total. The molecule has 0 radical (unpaired) electrons. The van der Waals surface area contributed by atoms with Crippen LogP contribution in [0.4, 0.5) is 4.39 Å². The van der Waals surface area contributed by atoms with Gasteiger partial charge >= 0.3 is 0 Å². The maximum Gasteiger partial charge on any atom is 0.118 e. The van der Waals surface area contributed by atoms with E-state index in [1.54, 1.807) is 13.0 Å². The molecule has 0 saturated carbocycles. The summed E-state index contributed by atoms with van der Waals surface area (Å²) >= 11 is 0. The second-order valence-electron chi connectivity index (χ2n) is 1.48. The van der Waals surface area contributed by atoms with E-state index in [-0.39, 0.29) is 5.83 Å². The first-order chi connectivity index (χ1) is 3.81. The zero-order valence-corrected chi connectivity index (χ0v) is 5.32. The molecule has 0 saturated heterocycles. The Morgan fingerprint density at radius 3 is 2.62 bits per heavy atom. The third-order valence-corrected chi connectivity index (χ3v) is 0.789. The number of allylic oxidation sites excluding steroid dienone is 4. The molecule has 0 amide bonds. The van der Waals surface area contributed by atoms with Crippen LogP contribution in [0, 0.1) is 0 Å². The van der Waals surface area contributed by atoms with Crippen LogP contribution in [0.3, 0.4) is 0 Å². The number of halogens is 1. The van der Waals surface area contributed by atoms with Gasteiger partial charge < -0.3 is 0 Å². The molecule has 0 unspecified atom stereocenters. The van der Waals surface area contributed by atoms with Crippen LogP contribution >= 0.6 is 0 Å². The molecule has 0 aromatic heterocycles. The van der Waals surface area contributed by atoms with Gasteiger partial charge in [-0.2, -0.15) is 0 Å². The van der Waals surface area contributed by atoms with Crippen LogP contribution in [0.1, 0.15) is 20.3 Å². The van der Waals surface area contributed by atoms with Gasteiger partial charge in [0.05, 0.1) is 0 Å². The highest BCUT2D eigenvalue weighted by atomic mass is 19.1. The third kappa shape index (κ3) is 3.59. The molecule has 0 aromatic carbocycles. The molecule has 0 bridgehead atoms. The molecule has 0 N–H and O–H groups in total. The van der Waals surface area contributed by atoms with Crippen LogP contribution in [0.5, 0.6) is 0 Å². The fourth-order valence-corrected chi connectivity index (χ4v) is 0.327. The largest absolute Gasteiger partial charge is 0.207 e. The normalized spacial score (nSPS) is 13.1. The summed E-state index contributed by atoms with van der Waals surface area (Å²) in [5.74, 6) is -0.160. The summed E-state index contributed by atoms with van der Waals surface area (Å²) in [6.07, 6.45) is 5.59. The second-order valence-corrected chi connectivity index (χ2v) is 1.48. The molecular weight excluding hydrogens is 103 g/mol. The molecule has 0 fully saturated rings. The van der Waals surface area contributed by atoms with E-state index in [0.717, 1.165) is 6.42 Å². The SMILES string of the molecule is C/C=C(F)/C=C\CC. The molecule has 0 heterocycles. The number of hydrogen-bond donors (Lipinski definition) is 0. The van der Waals surface area contributed by atoms with E-state index in [4.69, 9.17) is 0 Å². The van der Waals surface area contributed by atoms with Crippen molar-refractivity contribution in [1.29, 1.82) is 0 Å². The maximum absolute atomic E-state index is 12.1. The Balaban J connectivity index is 3.53. The highest BCUT2D eigenvalue weighted by Gasteiger charge is 1.77. The molecule has 46 valence electrons.